The van der Waals surface area contributed by atoms with Crippen molar-refractivity contribution in [2.24, 2.45) is 0 Å². The Bertz CT molecular complexity index is 156. The predicted molar refractivity (Wildman–Crippen MR) is 35.5 cm³/mol. The Labute approximate surface area is 59.6 Å². The molecule has 0 saturated carbocycles. The van der Waals surface area contributed by atoms with Crippen LogP contribution in [0.25, 0.3) is 0 Å². The normalized spacial score (nSPS) is 19.3. The molecule has 0 atom stereocenters. The molecule has 0 aromatic heterocycles. The van der Waals surface area contributed by atoms with Gasteiger partial charge in [-0.25, -0.2) is 0 Å². The lowest BCUT2D eigenvalue weighted by atomic mass is 10.2. The monoisotopic (exact) mass is 142 g/mol. The first-order valence-corrected chi connectivity index (χ1v) is 3.15. The summed E-state index contributed by atoms with van der Waals surface area (Å²) in [4.78, 5) is 11.0. The van der Waals surface area contributed by atoms with Gasteiger partial charge in [0.05, 0.1) is 13.2 Å². The summed E-state index contributed by atoms with van der Waals surface area (Å²) in [5.41, 5.74) is 0.479. The van der Waals surface area contributed by atoms with Crippen LogP contribution < -0.4 is 0 Å². The second kappa shape index (κ2) is 2.94. The van der Waals surface area contributed by atoms with E-state index in [4.69, 9.17) is 9.47 Å². The standard InChI is InChI=1S/C7H10O3/c1-5(2)6(8)7-9-3-4-10-7/h7H,1,3-4H2,2H3. The molecular weight excluding hydrogens is 132 g/mol. The van der Waals surface area contributed by atoms with Crippen LogP contribution in [0.3, 0.4) is 0 Å². The minimum Gasteiger partial charge on any atom is -0.343 e. The summed E-state index contributed by atoms with van der Waals surface area (Å²) in [6.45, 7) is 6.14. The van der Waals surface area contributed by atoms with Crippen molar-refractivity contribution in [2.75, 3.05) is 13.2 Å². The lowest BCUT2D eigenvalue weighted by molar-refractivity contribution is -0.139. The van der Waals surface area contributed by atoms with Gasteiger partial charge in [-0.1, -0.05) is 6.58 Å². The highest BCUT2D eigenvalue weighted by atomic mass is 16.7. The Morgan fingerprint density at radius 3 is 2.40 bits per heavy atom. The summed E-state index contributed by atoms with van der Waals surface area (Å²) in [5.74, 6) is -0.155. The molecule has 56 valence electrons. The zero-order valence-corrected chi connectivity index (χ0v) is 5.92. The van der Waals surface area contributed by atoms with E-state index in [2.05, 4.69) is 6.58 Å². The molecule has 0 aromatic rings. The first-order chi connectivity index (χ1) is 4.72. The van der Waals surface area contributed by atoms with Gasteiger partial charge in [0.2, 0.25) is 12.1 Å². The Morgan fingerprint density at radius 1 is 1.50 bits per heavy atom. The van der Waals surface area contributed by atoms with E-state index in [1.165, 1.54) is 0 Å². The second-order valence-corrected chi connectivity index (χ2v) is 2.22. The lowest BCUT2D eigenvalue weighted by Crippen LogP contribution is -2.21. The number of rotatable bonds is 2. The first-order valence-electron chi connectivity index (χ1n) is 3.15. The van der Waals surface area contributed by atoms with E-state index in [-0.39, 0.29) is 5.78 Å². The number of hydrogen-bond donors (Lipinski definition) is 0. The highest BCUT2D eigenvalue weighted by molar-refractivity contribution is 5.96. The molecule has 0 bridgehead atoms. The van der Waals surface area contributed by atoms with Crippen molar-refractivity contribution in [2.45, 2.75) is 13.2 Å². The van der Waals surface area contributed by atoms with Gasteiger partial charge in [-0.2, -0.15) is 0 Å². The molecule has 1 heterocycles. The lowest BCUT2D eigenvalue weighted by Gasteiger charge is -2.05. The van der Waals surface area contributed by atoms with Crippen molar-refractivity contribution in [3.05, 3.63) is 12.2 Å². The maximum Gasteiger partial charge on any atom is 0.222 e. The fraction of sp³-hybridized carbons (Fsp3) is 0.571. The van der Waals surface area contributed by atoms with E-state index in [1.807, 2.05) is 0 Å². The molecule has 1 aliphatic heterocycles. The van der Waals surface area contributed by atoms with Gasteiger partial charge in [0, 0.05) is 0 Å². The Morgan fingerprint density at radius 2 is 2.00 bits per heavy atom. The number of carbonyl (C=O) groups is 1. The molecule has 0 amide bonds. The zero-order valence-electron chi connectivity index (χ0n) is 5.92. The van der Waals surface area contributed by atoms with Gasteiger partial charge in [0.15, 0.2) is 0 Å². The Hall–Kier alpha value is -0.670. The average molecular weight is 142 g/mol. The average Bonchev–Trinajstić information content (AvgIpc) is 2.36. The third-order valence-corrected chi connectivity index (χ3v) is 1.26. The first kappa shape index (κ1) is 7.44. The zero-order chi connectivity index (χ0) is 7.56. The Kier molecular flexibility index (Phi) is 2.19. The third kappa shape index (κ3) is 1.43. The van der Waals surface area contributed by atoms with Crippen LogP contribution in [0.2, 0.25) is 0 Å². The van der Waals surface area contributed by atoms with Crippen molar-refractivity contribution in [1.29, 1.82) is 0 Å². The van der Waals surface area contributed by atoms with E-state index in [9.17, 15) is 4.79 Å². The minimum absolute atomic E-state index is 0.155. The molecule has 1 aliphatic rings. The van der Waals surface area contributed by atoms with Gasteiger partial charge in [0.25, 0.3) is 0 Å². The van der Waals surface area contributed by atoms with Crippen LogP contribution in [0.1, 0.15) is 6.92 Å². The molecule has 1 rings (SSSR count). The molecule has 10 heavy (non-hydrogen) atoms. The minimum atomic E-state index is -0.683. The highest BCUT2D eigenvalue weighted by Gasteiger charge is 2.24. The van der Waals surface area contributed by atoms with Crippen molar-refractivity contribution in [3.63, 3.8) is 0 Å². The number of carbonyl (C=O) groups excluding carboxylic acids is 1. The summed E-state index contributed by atoms with van der Waals surface area (Å²) >= 11 is 0. The van der Waals surface area contributed by atoms with Gasteiger partial charge >= 0.3 is 0 Å². The molecular formula is C7H10O3. The van der Waals surface area contributed by atoms with Gasteiger partial charge in [0.1, 0.15) is 0 Å². The molecule has 0 N–H and O–H groups in total. The molecule has 1 saturated heterocycles. The number of hydrogen-bond acceptors (Lipinski definition) is 3. The van der Waals surface area contributed by atoms with E-state index in [0.717, 1.165) is 0 Å². The molecule has 0 aromatic carbocycles. The summed E-state index contributed by atoms with van der Waals surface area (Å²) in [7, 11) is 0. The van der Waals surface area contributed by atoms with E-state index in [0.29, 0.717) is 18.8 Å². The maximum absolute atomic E-state index is 11.0. The highest BCUT2D eigenvalue weighted by Crippen LogP contribution is 2.08. The van der Waals surface area contributed by atoms with Gasteiger partial charge in [-0.3, -0.25) is 4.79 Å². The quantitative estimate of drug-likeness (QED) is 0.527. The smallest absolute Gasteiger partial charge is 0.222 e. The summed E-state index contributed by atoms with van der Waals surface area (Å²) in [6.07, 6.45) is -0.683. The van der Waals surface area contributed by atoms with Crippen LogP contribution in [0.15, 0.2) is 12.2 Å². The molecule has 1 fully saturated rings. The molecule has 0 radical (unpaired) electrons. The Balaban J connectivity index is 2.48. The molecule has 0 unspecified atom stereocenters. The van der Waals surface area contributed by atoms with Crippen molar-refractivity contribution in [3.8, 4) is 0 Å². The van der Waals surface area contributed by atoms with Crippen molar-refractivity contribution < 1.29 is 14.3 Å². The van der Waals surface area contributed by atoms with Gasteiger partial charge in [-0.05, 0) is 12.5 Å². The molecule has 3 nitrogen and oxygen atoms in total. The summed E-state index contributed by atoms with van der Waals surface area (Å²) in [5, 5.41) is 0. The SMILES string of the molecule is C=C(C)C(=O)C1OCCO1. The predicted octanol–water partition coefficient (Wildman–Crippen LogP) is 0.504. The molecule has 0 aliphatic carbocycles. The fourth-order valence-electron chi connectivity index (χ4n) is 0.711. The number of ether oxygens (including phenoxy) is 2. The maximum atomic E-state index is 11.0. The second-order valence-electron chi connectivity index (χ2n) is 2.22. The third-order valence-electron chi connectivity index (χ3n) is 1.26. The van der Waals surface area contributed by atoms with Crippen LogP contribution in [-0.2, 0) is 14.3 Å². The van der Waals surface area contributed by atoms with E-state index < -0.39 is 6.29 Å². The summed E-state index contributed by atoms with van der Waals surface area (Å²) in [6, 6.07) is 0. The van der Waals surface area contributed by atoms with Crippen LogP contribution >= 0.6 is 0 Å². The van der Waals surface area contributed by atoms with Crippen LogP contribution in [0, 0.1) is 0 Å². The van der Waals surface area contributed by atoms with Crippen LogP contribution in [0.5, 0.6) is 0 Å². The van der Waals surface area contributed by atoms with Crippen LogP contribution in [0.4, 0.5) is 0 Å². The topological polar surface area (TPSA) is 35.5 Å². The van der Waals surface area contributed by atoms with Crippen LogP contribution in [-0.4, -0.2) is 25.3 Å². The molecule has 0 spiro atoms. The number of ketones is 1. The number of Topliss-reactive ketones (excluding diaryl/α,β-unsaturated/α-hetero) is 1. The van der Waals surface area contributed by atoms with Gasteiger partial charge < -0.3 is 9.47 Å². The van der Waals surface area contributed by atoms with E-state index >= 15 is 0 Å². The summed E-state index contributed by atoms with van der Waals surface area (Å²) < 4.78 is 9.89. The van der Waals surface area contributed by atoms with Crippen molar-refractivity contribution in [1.82, 2.24) is 0 Å². The van der Waals surface area contributed by atoms with Crippen molar-refractivity contribution >= 4 is 5.78 Å². The van der Waals surface area contributed by atoms with Gasteiger partial charge in [-0.15, -0.1) is 0 Å². The largest absolute Gasteiger partial charge is 0.343 e. The fourth-order valence-corrected chi connectivity index (χ4v) is 0.711. The molecule has 3 heteroatoms. The van der Waals surface area contributed by atoms with E-state index in [1.54, 1.807) is 6.92 Å².